The van der Waals surface area contributed by atoms with Crippen molar-refractivity contribution >= 4 is 5.91 Å². The van der Waals surface area contributed by atoms with E-state index in [4.69, 9.17) is 0 Å². The van der Waals surface area contributed by atoms with E-state index in [0.29, 0.717) is 0 Å². The molecule has 0 aliphatic carbocycles. The number of aryl methyl sites for hydroxylation is 1. The average molecular weight is 192 g/mol. The highest BCUT2D eigenvalue weighted by molar-refractivity contribution is 5.93. The van der Waals surface area contributed by atoms with Gasteiger partial charge in [-0.15, -0.1) is 0 Å². The van der Waals surface area contributed by atoms with Gasteiger partial charge in [-0.2, -0.15) is 0 Å². The van der Waals surface area contributed by atoms with E-state index >= 15 is 0 Å². The summed E-state index contributed by atoms with van der Waals surface area (Å²) in [6, 6.07) is 3.90. The van der Waals surface area contributed by atoms with Crippen molar-refractivity contribution in [1.82, 2.24) is 9.47 Å². The Morgan fingerprint density at radius 3 is 2.43 bits per heavy atom. The quantitative estimate of drug-likeness (QED) is 0.663. The summed E-state index contributed by atoms with van der Waals surface area (Å²) < 4.78 is 1.96. The molecule has 2 rings (SSSR count). The maximum atomic E-state index is 12.0. The molecular weight excluding hydrogens is 176 g/mol. The molecule has 3 heteroatoms. The maximum Gasteiger partial charge on any atom is 0.270 e. The van der Waals surface area contributed by atoms with E-state index in [1.165, 1.54) is 0 Å². The lowest BCUT2D eigenvalue weighted by Crippen LogP contribution is -2.29. The molecule has 1 saturated heterocycles. The number of carbonyl (C=O) groups is 1. The van der Waals surface area contributed by atoms with Crippen molar-refractivity contribution in [3.63, 3.8) is 0 Å². The highest BCUT2D eigenvalue weighted by Crippen LogP contribution is 2.14. The van der Waals surface area contributed by atoms with E-state index < -0.39 is 0 Å². The van der Waals surface area contributed by atoms with Crippen LogP contribution in [0.3, 0.4) is 0 Å². The van der Waals surface area contributed by atoms with E-state index in [2.05, 4.69) is 0 Å². The van der Waals surface area contributed by atoms with E-state index in [-0.39, 0.29) is 5.91 Å². The van der Waals surface area contributed by atoms with Crippen LogP contribution in [0, 0.1) is 6.92 Å². The van der Waals surface area contributed by atoms with Crippen LogP contribution in [0.5, 0.6) is 0 Å². The second-order valence-electron chi connectivity index (χ2n) is 3.92. The Labute approximate surface area is 84.3 Å². The molecule has 0 atom stereocenters. The predicted octanol–water partition coefficient (Wildman–Crippen LogP) is 1.57. The Hall–Kier alpha value is -1.25. The fourth-order valence-electron chi connectivity index (χ4n) is 1.91. The van der Waals surface area contributed by atoms with Crippen LogP contribution in [0.25, 0.3) is 0 Å². The fraction of sp³-hybridized carbons (Fsp3) is 0.545. The van der Waals surface area contributed by atoms with Crippen LogP contribution in [0.15, 0.2) is 12.1 Å². The first kappa shape index (κ1) is 9.31. The Morgan fingerprint density at radius 1 is 1.29 bits per heavy atom. The summed E-state index contributed by atoms with van der Waals surface area (Å²) in [5.41, 5.74) is 1.94. The number of amides is 1. The Bertz CT molecular complexity index is 348. The zero-order chi connectivity index (χ0) is 10.1. The van der Waals surface area contributed by atoms with Crippen molar-refractivity contribution in [3.8, 4) is 0 Å². The number of rotatable bonds is 1. The van der Waals surface area contributed by atoms with Gasteiger partial charge in [0.25, 0.3) is 5.91 Å². The highest BCUT2D eigenvalue weighted by Gasteiger charge is 2.21. The van der Waals surface area contributed by atoms with Crippen molar-refractivity contribution < 1.29 is 4.79 Å². The van der Waals surface area contributed by atoms with E-state index in [1.807, 2.05) is 35.6 Å². The van der Waals surface area contributed by atoms with Crippen LogP contribution < -0.4 is 0 Å². The summed E-state index contributed by atoms with van der Waals surface area (Å²) in [7, 11) is 1.94. The minimum Gasteiger partial charge on any atom is -0.344 e. The first-order chi connectivity index (χ1) is 6.70. The third kappa shape index (κ3) is 1.43. The molecular formula is C11H16N2O. The molecule has 2 heterocycles. The van der Waals surface area contributed by atoms with E-state index in [0.717, 1.165) is 37.3 Å². The van der Waals surface area contributed by atoms with Crippen LogP contribution in [0.4, 0.5) is 0 Å². The molecule has 3 nitrogen and oxygen atoms in total. The van der Waals surface area contributed by atoms with Crippen molar-refractivity contribution in [3.05, 3.63) is 23.5 Å². The molecule has 14 heavy (non-hydrogen) atoms. The SMILES string of the molecule is Cc1ccc(C(=O)N2CCCC2)n1C. The normalized spacial score (nSPS) is 16.3. The first-order valence-electron chi connectivity index (χ1n) is 5.12. The molecule has 1 aromatic rings. The van der Waals surface area contributed by atoms with Gasteiger partial charge in [0, 0.05) is 25.8 Å². The Morgan fingerprint density at radius 2 is 1.93 bits per heavy atom. The van der Waals surface area contributed by atoms with Crippen molar-refractivity contribution in [2.75, 3.05) is 13.1 Å². The van der Waals surface area contributed by atoms with Gasteiger partial charge in [-0.3, -0.25) is 4.79 Å². The molecule has 0 aromatic carbocycles. The minimum absolute atomic E-state index is 0.179. The standard InChI is InChI=1S/C11H16N2O/c1-9-5-6-10(12(9)2)11(14)13-7-3-4-8-13/h5-6H,3-4,7-8H2,1-2H3. The number of hydrogen-bond acceptors (Lipinski definition) is 1. The van der Waals surface area contributed by atoms with Crippen molar-refractivity contribution in [1.29, 1.82) is 0 Å². The summed E-state index contributed by atoms with van der Waals surface area (Å²) in [5.74, 6) is 0.179. The molecule has 0 spiro atoms. The van der Waals surface area contributed by atoms with E-state index in [1.54, 1.807) is 0 Å². The second kappa shape index (κ2) is 3.48. The summed E-state index contributed by atoms with van der Waals surface area (Å²) in [6.07, 6.45) is 2.30. The van der Waals surface area contributed by atoms with Gasteiger partial charge in [0.1, 0.15) is 5.69 Å². The lowest BCUT2D eigenvalue weighted by molar-refractivity contribution is 0.0783. The number of carbonyl (C=O) groups excluding carboxylic acids is 1. The molecule has 1 aliphatic rings. The molecule has 1 aromatic heterocycles. The van der Waals surface area contributed by atoms with Crippen LogP contribution >= 0.6 is 0 Å². The summed E-state index contributed by atoms with van der Waals surface area (Å²) in [5, 5.41) is 0. The summed E-state index contributed by atoms with van der Waals surface area (Å²) >= 11 is 0. The van der Waals surface area contributed by atoms with Crippen LogP contribution in [0.2, 0.25) is 0 Å². The van der Waals surface area contributed by atoms with Gasteiger partial charge in [0.15, 0.2) is 0 Å². The van der Waals surface area contributed by atoms with Gasteiger partial charge in [-0.05, 0) is 31.9 Å². The molecule has 1 fully saturated rings. The van der Waals surface area contributed by atoms with Crippen LogP contribution in [0.1, 0.15) is 29.0 Å². The molecule has 0 unspecified atom stereocenters. The number of hydrogen-bond donors (Lipinski definition) is 0. The summed E-state index contributed by atoms with van der Waals surface area (Å²) in [4.78, 5) is 13.9. The van der Waals surface area contributed by atoms with Crippen LogP contribution in [-0.2, 0) is 7.05 Å². The van der Waals surface area contributed by atoms with Gasteiger partial charge in [0.2, 0.25) is 0 Å². The minimum atomic E-state index is 0.179. The van der Waals surface area contributed by atoms with Gasteiger partial charge in [0.05, 0.1) is 0 Å². The lowest BCUT2D eigenvalue weighted by atomic mass is 10.3. The Balaban J connectivity index is 2.22. The van der Waals surface area contributed by atoms with Crippen LogP contribution in [-0.4, -0.2) is 28.5 Å². The number of aromatic nitrogens is 1. The van der Waals surface area contributed by atoms with Gasteiger partial charge < -0.3 is 9.47 Å². The van der Waals surface area contributed by atoms with Gasteiger partial charge >= 0.3 is 0 Å². The lowest BCUT2D eigenvalue weighted by Gasteiger charge is -2.15. The molecule has 0 saturated carbocycles. The highest BCUT2D eigenvalue weighted by atomic mass is 16.2. The Kier molecular flexibility index (Phi) is 2.32. The second-order valence-corrected chi connectivity index (χ2v) is 3.92. The monoisotopic (exact) mass is 192 g/mol. The topological polar surface area (TPSA) is 25.2 Å². The smallest absolute Gasteiger partial charge is 0.270 e. The largest absolute Gasteiger partial charge is 0.344 e. The van der Waals surface area contributed by atoms with Gasteiger partial charge in [-0.1, -0.05) is 0 Å². The molecule has 1 aliphatic heterocycles. The number of nitrogens with zero attached hydrogens (tertiary/aromatic N) is 2. The van der Waals surface area contributed by atoms with Crippen molar-refractivity contribution in [2.24, 2.45) is 7.05 Å². The van der Waals surface area contributed by atoms with E-state index in [9.17, 15) is 4.79 Å². The molecule has 0 N–H and O–H groups in total. The zero-order valence-corrected chi connectivity index (χ0v) is 8.79. The number of likely N-dealkylation sites (tertiary alicyclic amines) is 1. The molecule has 76 valence electrons. The van der Waals surface area contributed by atoms with Gasteiger partial charge in [-0.25, -0.2) is 0 Å². The predicted molar refractivity (Wildman–Crippen MR) is 55.3 cm³/mol. The zero-order valence-electron chi connectivity index (χ0n) is 8.79. The summed E-state index contributed by atoms with van der Waals surface area (Å²) in [6.45, 7) is 3.85. The molecule has 0 bridgehead atoms. The third-order valence-electron chi connectivity index (χ3n) is 2.99. The fourth-order valence-corrected chi connectivity index (χ4v) is 1.91. The average Bonchev–Trinajstić information content (AvgIpc) is 2.77. The molecule has 0 radical (unpaired) electrons. The maximum absolute atomic E-state index is 12.0. The first-order valence-corrected chi connectivity index (χ1v) is 5.12. The molecule has 1 amide bonds. The third-order valence-corrected chi connectivity index (χ3v) is 2.99. The van der Waals surface area contributed by atoms with Crippen molar-refractivity contribution in [2.45, 2.75) is 19.8 Å².